The summed E-state index contributed by atoms with van der Waals surface area (Å²) in [6.07, 6.45) is 1.22. The van der Waals surface area contributed by atoms with Crippen LogP contribution in [0.3, 0.4) is 0 Å². The van der Waals surface area contributed by atoms with Crippen LogP contribution in [0.15, 0.2) is 90.7 Å². The van der Waals surface area contributed by atoms with E-state index in [2.05, 4.69) is 62.1 Å². The molecule has 5 rings (SSSR count). The zero-order valence-electron chi connectivity index (χ0n) is 27.3. The number of hydrogen-bond acceptors (Lipinski definition) is 8. The summed E-state index contributed by atoms with van der Waals surface area (Å²) < 4.78 is 30.4. The quantitative estimate of drug-likeness (QED) is 0.110. The summed E-state index contributed by atoms with van der Waals surface area (Å²) >= 11 is 1.19. The Morgan fingerprint density at radius 2 is 1.67 bits per heavy atom. The standard InChI is InChI=1S/C36H42FN3O4SSi/c1-24(2)39-44-35-30(34(41)31-19-38-23-45-31)18-27(33(32(35)37)40-20-25(3)43-26(4)21-40)22-42-46(36(5,6)7,28-14-10-8-11-15-28)29-16-12-9-13-17-29/h8-19,23,25-26,39H,1,20-22H2,2-7H3. The van der Waals surface area contributed by atoms with Crippen LogP contribution < -0.4 is 25.6 Å². The van der Waals surface area contributed by atoms with E-state index in [4.69, 9.17) is 14.0 Å². The number of hydrogen-bond donors (Lipinski definition) is 1. The minimum absolute atomic E-state index is 0.0663. The first-order valence-electron chi connectivity index (χ1n) is 15.4. The molecule has 0 bridgehead atoms. The molecule has 10 heteroatoms. The molecule has 0 amide bonds. The van der Waals surface area contributed by atoms with Crippen LogP contribution in [0.5, 0.6) is 5.75 Å². The van der Waals surface area contributed by atoms with Gasteiger partial charge in [-0.1, -0.05) is 88.0 Å². The number of halogens is 1. The van der Waals surface area contributed by atoms with Crippen LogP contribution in [0.1, 0.15) is 62.3 Å². The number of anilines is 1. The molecule has 1 saturated heterocycles. The van der Waals surface area contributed by atoms with Crippen molar-refractivity contribution >= 4 is 41.5 Å². The average molecular weight is 660 g/mol. The predicted octanol–water partition coefficient (Wildman–Crippen LogP) is 6.62. The highest BCUT2D eigenvalue weighted by Crippen LogP contribution is 2.41. The number of ether oxygens (including phenoxy) is 1. The molecule has 0 spiro atoms. The number of carbonyl (C=O) groups is 1. The summed E-state index contributed by atoms with van der Waals surface area (Å²) in [6.45, 7) is 17.0. The third kappa shape index (κ3) is 6.80. The van der Waals surface area contributed by atoms with Crippen molar-refractivity contribution < 1.29 is 23.2 Å². The van der Waals surface area contributed by atoms with Gasteiger partial charge in [0.25, 0.3) is 8.32 Å². The fraction of sp³-hybridized carbons (Fsp3) is 0.333. The number of morpholine rings is 1. The monoisotopic (exact) mass is 659 g/mol. The second-order valence-electron chi connectivity index (χ2n) is 12.9. The minimum atomic E-state index is -3.00. The number of carbonyl (C=O) groups excluding carboxylic acids is 1. The molecule has 1 aromatic heterocycles. The lowest BCUT2D eigenvalue weighted by molar-refractivity contribution is -0.00554. The molecule has 242 valence electrons. The summed E-state index contributed by atoms with van der Waals surface area (Å²) in [6, 6.07) is 22.3. The van der Waals surface area contributed by atoms with E-state index in [9.17, 15) is 4.79 Å². The van der Waals surface area contributed by atoms with Gasteiger partial charge in [-0.05, 0) is 42.2 Å². The van der Waals surface area contributed by atoms with Crippen molar-refractivity contribution in [3.05, 3.63) is 113 Å². The number of rotatable bonds is 11. The summed E-state index contributed by atoms with van der Waals surface area (Å²) in [5.74, 6) is -1.23. The maximum absolute atomic E-state index is 17.1. The number of nitrogens with one attached hydrogen (secondary N) is 1. The predicted molar refractivity (Wildman–Crippen MR) is 185 cm³/mol. The average Bonchev–Trinajstić information content (AvgIpc) is 3.55. The number of allylic oxidation sites excluding steroid dienone is 1. The molecule has 0 saturated carbocycles. The summed E-state index contributed by atoms with van der Waals surface area (Å²) in [5, 5.41) is 1.92. The molecule has 1 fully saturated rings. The van der Waals surface area contributed by atoms with Crippen LogP contribution in [0.25, 0.3) is 0 Å². The lowest BCUT2D eigenvalue weighted by Gasteiger charge is -2.43. The Kier molecular flexibility index (Phi) is 10.1. The number of benzene rings is 3. The van der Waals surface area contributed by atoms with Crippen molar-refractivity contribution in [2.75, 3.05) is 18.0 Å². The zero-order chi connectivity index (χ0) is 33.1. The van der Waals surface area contributed by atoms with Crippen molar-refractivity contribution in [2.45, 2.75) is 65.4 Å². The molecule has 3 aromatic carbocycles. The minimum Gasteiger partial charge on any atom is -0.403 e. The van der Waals surface area contributed by atoms with Crippen molar-refractivity contribution in [1.82, 2.24) is 10.5 Å². The highest BCUT2D eigenvalue weighted by Gasteiger charge is 2.50. The Hall–Kier alpha value is -3.83. The molecular formula is C36H42FN3O4SSi. The lowest BCUT2D eigenvalue weighted by atomic mass is 10.0. The Bertz CT molecular complexity index is 1610. The van der Waals surface area contributed by atoms with Gasteiger partial charge in [-0.25, -0.2) is 9.87 Å². The van der Waals surface area contributed by atoms with Crippen LogP contribution in [0.2, 0.25) is 5.04 Å². The molecule has 0 aliphatic carbocycles. The van der Waals surface area contributed by atoms with E-state index < -0.39 is 14.1 Å². The van der Waals surface area contributed by atoms with Gasteiger partial charge in [-0.3, -0.25) is 9.78 Å². The highest BCUT2D eigenvalue weighted by atomic mass is 32.1. The number of ketones is 1. The second-order valence-corrected chi connectivity index (χ2v) is 18.1. The van der Waals surface area contributed by atoms with E-state index >= 15 is 4.39 Å². The fourth-order valence-electron chi connectivity index (χ4n) is 6.30. The molecule has 7 nitrogen and oxygen atoms in total. The maximum atomic E-state index is 17.1. The first-order chi connectivity index (χ1) is 21.9. The van der Waals surface area contributed by atoms with Crippen molar-refractivity contribution in [3.63, 3.8) is 0 Å². The van der Waals surface area contributed by atoms with Gasteiger partial charge < -0.3 is 18.9 Å². The SMILES string of the molecule is C=C(C)NOc1c(C(=O)c2cncs2)cc(CO[Si](c2ccccc2)(c2ccccc2)C(C)(C)C)c(N2CC(C)OC(C)C2)c1F. The van der Waals surface area contributed by atoms with E-state index in [0.29, 0.717) is 34.9 Å². The normalized spacial score (nSPS) is 17.1. The lowest BCUT2D eigenvalue weighted by Crippen LogP contribution is -2.66. The molecular weight excluding hydrogens is 618 g/mol. The Morgan fingerprint density at radius 3 is 2.17 bits per heavy atom. The van der Waals surface area contributed by atoms with Crippen LogP contribution in [-0.4, -0.2) is 44.4 Å². The maximum Gasteiger partial charge on any atom is 0.261 e. The van der Waals surface area contributed by atoms with Gasteiger partial charge in [0.1, 0.15) is 0 Å². The molecule has 1 aliphatic heterocycles. The zero-order valence-corrected chi connectivity index (χ0v) is 29.1. The van der Waals surface area contributed by atoms with E-state index in [1.807, 2.05) is 55.1 Å². The van der Waals surface area contributed by atoms with E-state index in [1.165, 1.54) is 17.5 Å². The first-order valence-corrected chi connectivity index (χ1v) is 18.2. The number of hydroxylamine groups is 1. The van der Waals surface area contributed by atoms with Gasteiger partial charge in [0.15, 0.2) is 5.82 Å². The summed E-state index contributed by atoms with van der Waals surface area (Å²) in [4.78, 5) is 26.1. The van der Waals surface area contributed by atoms with Crippen molar-refractivity contribution in [1.29, 1.82) is 0 Å². The molecule has 46 heavy (non-hydrogen) atoms. The van der Waals surface area contributed by atoms with Gasteiger partial charge >= 0.3 is 0 Å². The fourth-order valence-corrected chi connectivity index (χ4v) is 11.4. The summed E-state index contributed by atoms with van der Waals surface area (Å²) in [7, 11) is -3.00. The van der Waals surface area contributed by atoms with Crippen LogP contribution in [0.4, 0.5) is 10.1 Å². The molecule has 1 N–H and O–H groups in total. The molecule has 2 atom stereocenters. The van der Waals surface area contributed by atoms with Crippen LogP contribution >= 0.6 is 11.3 Å². The third-order valence-corrected chi connectivity index (χ3v) is 13.9. The largest absolute Gasteiger partial charge is 0.403 e. The first kappa shape index (κ1) is 33.5. The van der Waals surface area contributed by atoms with Crippen LogP contribution in [0, 0.1) is 5.82 Å². The smallest absolute Gasteiger partial charge is 0.261 e. The Balaban J connectivity index is 1.72. The Labute approximate surface area is 276 Å². The molecule has 4 aromatic rings. The van der Waals surface area contributed by atoms with Gasteiger partial charge in [0.2, 0.25) is 11.5 Å². The van der Waals surface area contributed by atoms with Crippen LogP contribution in [-0.2, 0) is 15.8 Å². The van der Waals surface area contributed by atoms with Crippen molar-refractivity contribution in [3.8, 4) is 5.75 Å². The second kappa shape index (κ2) is 13.9. The van der Waals surface area contributed by atoms with Gasteiger partial charge in [0, 0.05) is 30.5 Å². The van der Waals surface area contributed by atoms with E-state index in [1.54, 1.807) is 18.5 Å². The third-order valence-electron chi connectivity index (χ3n) is 8.10. The Morgan fingerprint density at radius 1 is 1.09 bits per heavy atom. The van der Waals surface area contributed by atoms with Gasteiger partial charge in [0.05, 0.1) is 40.5 Å². The van der Waals surface area contributed by atoms with E-state index in [-0.39, 0.29) is 40.9 Å². The topological polar surface area (TPSA) is 72.9 Å². The number of nitrogens with zero attached hydrogens (tertiary/aromatic N) is 2. The van der Waals surface area contributed by atoms with Crippen molar-refractivity contribution in [2.24, 2.45) is 0 Å². The molecule has 0 radical (unpaired) electrons. The van der Waals surface area contributed by atoms with E-state index in [0.717, 1.165) is 10.4 Å². The van der Waals surface area contributed by atoms with Gasteiger partial charge in [-0.15, -0.1) is 11.3 Å². The van der Waals surface area contributed by atoms with Gasteiger partial charge in [-0.2, -0.15) is 0 Å². The molecule has 2 unspecified atom stereocenters. The number of thiazole rings is 1. The number of aromatic nitrogens is 1. The summed E-state index contributed by atoms with van der Waals surface area (Å²) in [5.41, 5.74) is 5.67. The molecule has 1 aliphatic rings. The highest BCUT2D eigenvalue weighted by molar-refractivity contribution is 7.12. The molecule has 2 heterocycles.